The molecule has 4 N–H and O–H groups in total. The van der Waals surface area contributed by atoms with Crippen LogP contribution in [0.4, 0.5) is 5.82 Å². The van der Waals surface area contributed by atoms with E-state index < -0.39 is 44.4 Å². The first kappa shape index (κ1) is 49.3. The van der Waals surface area contributed by atoms with Gasteiger partial charge in [0.2, 0.25) is 5.60 Å². The maximum atomic E-state index is 14.4. The number of phosphoric acid groups is 1. The largest absolute Gasteiger partial charge is 0.475 e. The molecule has 1 saturated heterocycles. The highest BCUT2D eigenvalue weighted by Crippen LogP contribution is 2.52. The highest BCUT2D eigenvalue weighted by atomic mass is 31.2. The van der Waals surface area contributed by atoms with Gasteiger partial charge in [0.1, 0.15) is 36.2 Å². The van der Waals surface area contributed by atoms with Crippen molar-refractivity contribution >= 4 is 19.2 Å². The number of rotatable bonds is 32. The molecule has 15 heteroatoms. The van der Waals surface area contributed by atoms with Crippen LogP contribution in [0.5, 0.6) is 0 Å². The summed E-state index contributed by atoms with van der Waals surface area (Å²) in [6.07, 6.45) is 14.9. The van der Waals surface area contributed by atoms with Crippen LogP contribution in [0, 0.1) is 11.3 Å². The molecule has 1 aliphatic rings. The molecule has 1 aliphatic heterocycles. The first-order chi connectivity index (χ1) is 30.3. The Balaban J connectivity index is 1.11. The van der Waals surface area contributed by atoms with Crippen LogP contribution in [0.1, 0.15) is 126 Å². The molecular weight excluding hydrogens is 810 g/mol. The molecule has 0 bridgehead atoms. The second-order valence-electron chi connectivity index (χ2n) is 16.2. The van der Waals surface area contributed by atoms with E-state index in [1.54, 1.807) is 6.07 Å². The van der Waals surface area contributed by atoms with E-state index >= 15 is 0 Å². The van der Waals surface area contributed by atoms with E-state index in [0.717, 1.165) is 50.0 Å². The Kier molecular flexibility index (Phi) is 21.3. The van der Waals surface area contributed by atoms with Gasteiger partial charge in [-0.15, -0.1) is 0 Å². The van der Waals surface area contributed by atoms with E-state index in [4.69, 9.17) is 33.5 Å². The number of aliphatic hydroxyl groups is 2. The number of nitrogens with zero attached hydrogens (tertiary/aromatic N) is 4. The summed E-state index contributed by atoms with van der Waals surface area (Å²) in [5.41, 5.74) is 6.19. The van der Waals surface area contributed by atoms with Gasteiger partial charge in [-0.25, -0.2) is 14.1 Å². The average molecular weight is 878 g/mol. The van der Waals surface area contributed by atoms with E-state index in [0.29, 0.717) is 18.5 Å². The second kappa shape index (κ2) is 26.8. The molecule has 340 valence electrons. The van der Waals surface area contributed by atoms with Crippen LogP contribution < -0.4 is 5.73 Å². The number of benzene rings is 2. The minimum atomic E-state index is -4.35. The third kappa shape index (κ3) is 15.2. The van der Waals surface area contributed by atoms with Gasteiger partial charge in [0.15, 0.2) is 5.82 Å². The zero-order valence-electron chi connectivity index (χ0n) is 36.4. The third-order valence-corrected chi connectivity index (χ3v) is 12.7. The smallest absolute Gasteiger partial charge is 0.387 e. The van der Waals surface area contributed by atoms with Crippen molar-refractivity contribution in [1.82, 2.24) is 14.6 Å². The minimum absolute atomic E-state index is 0.0873. The monoisotopic (exact) mass is 877 g/mol. The predicted molar refractivity (Wildman–Crippen MR) is 238 cm³/mol. The van der Waals surface area contributed by atoms with Crippen molar-refractivity contribution in [2.24, 2.45) is 0 Å². The molecule has 0 spiro atoms. The van der Waals surface area contributed by atoms with E-state index in [-0.39, 0.29) is 24.7 Å². The summed E-state index contributed by atoms with van der Waals surface area (Å²) < 4.78 is 51.7. The molecule has 62 heavy (non-hydrogen) atoms. The van der Waals surface area contributed by atoms with Crippen LogP contribution in [0.15, 0.2) is 79.1 Å². The lowest BCUT2D eigenvalue weighted by Crippen LogP contribution is -2.41. The number of nitrogens with two attached hydrogens (primary N) is 1. The fourth-order valence-electron chi connectivity index (χ4n) is 7.63. The molecule has 2 unspecified atom stereocenters. The molecule has 3 heterocycles. The normalized spacial score (nSPS) is 20.3. The van der Waals surface area contributed by atoms with Crippen LogP contribution in [0.3, 0.4) is 0 Å². The third-order valence-electron chi connectivity index (χ3n) is 11.3. The highest BCUT2D eigenvalue weighted by Gasteiger charge is 2.58. The van der Waals surface area contributed by atoms with Gasteiger partial charge in [-0.1, -0.05) is 151 Å². The standard InChI is InChI=1S/C47H68N5O9P/c1-2-3-4-5-9-12-21-30-56-31-22-13-10-7-6-8-11-20-27-40(57-32-38-23-16-14-17-24-38)34-59-62(55,58-33-39-25-18-15-19-26-39)60-35-42-44(53)45(54)47(36-48,61-42)43-29-28-41-46(49)50-37-51-52(41)43/h14-19,23-26,28-29,37,40,42,44-45,53-54H,2-13,20-22,27,30-35H2,1H3,(H2,49,50,51)/t40-,42-,44+,45?,47+,62?/m1/s1. The van der Waals surface area contributed by atoms with Gasteiger partial charge in [0.05, 0.1) is 38.2 Å². The van der Waals surface area contributed by atoms with Crippen molar-refractivity contribution in [3.63, 3.8) is 0 Å². The Bertz CT molecular complexity index is 1930. The minimum Gasteiger partial charge on any atom is -0.387 e. The van der Waals surface area contributed by atoms with Crippen LogP contribution in [-0.2, 0) is 51.2 Å². The summed E-state index contributed by atoms with van der Waals surface area (Å²) in [5, 5.41) is 36.9. The van der Waals surface area contributed by atoms with Crippen molar-refractivity contribution in [2.75, 3.05) is 32.2 Å². The Morgan fingerprint density at radius 3 is 2.03 bits per heavy atom. The molecule has 0 saturated carbocycles. The van der Waals surface area contributed by atoms with Gasteiger partial charge < -0.3 is 30.2 Å². The molecule has 0 radical (unpaired) electrons. The summed E-state index contributed by atoms with van der Waals surface area (Å²) in [7, 11) is -4.35. The van der Waals surface area contributed by atoms with Crippen LogP contribution in [0.25, 0.3) is 5.52 Å². The Morgan fingerprint density at radius 1 is 0.806 bits per heavy atom. The Morgan fingerprint density at radius 2 is 1.40 bits per heavy atom. The van der Waals surface area contributed by atoms with Crippen molar-refractivity contribution in [2.45, 2.75) is 153 Å². The molecule has 2 aromatic carbocycles. The number of fused-ring (bicyclic) bond motifs is 1. The average Bonchev–Trinajstić information content (AvgIpc) is 3.85. The molecule has 5 rings (SSSR count). The lowest BCUT2D eigenvalue weighted by molar-refractivity contribution is -0.0673. The number of aromatic nitrogens is 3. The number of unbranched alkanes of at least 4 members (excludes halogenated alkanes) is 13. The summed E-state index contributed by atoms with van der Waals surface area (Å²) in [4.78, 5) is 3.97. The molecule has 2 aromatic heterocycles. The van der Waals surface area contributed by atoms with Crippen LogP contribution >= 0.6 is 7.82 Å². The number of phosphoric ester groups is 1. The lowest BCUT2D eigenvalue weighted by Gasteiger charge is -2.25. The number of hydrogen-bond donors (Lipinski definition) is 3. The van der Waals surface area contributed by atoms with Crippen molar-refractivity contribution in [3.8, 4) is 6.07 Å². The summed E-state index contributed by atoms with van der Waals surface area (Å²) in [5.74, 6) is 0.156. The van der Waals surface area contributed by atoms with Gasteiger partial charge in [0, 0.05) is 13.2 Å². The maximum absolute atomic E-state index is 14.4. The summed E-state index contributed by atoms with van der Waals surface area (Å²) in [6.45, 7) is 3.63. The summed E-state index contributed by atoms with van der Waals surface area (Å²) in [6, 6.07) is 24.1. The number of aliphatic hydroxyl groups excluding tert-OH is 2. The Labute approximate surface area is 367 Å². The van der Waals surface area contributed by atoms with Gasteiger partial charge in [-0.2, -0.15) is 10.4 Å². The fraction of sp³-hybridized carbons (Fsp3) is 0.596. The van der Waals surface area contributed by atoms with Crippen LogP contribution in [-0.4, -0.2) is 75.7 Å². The number of nitriles is 1. The first-order valence-corrected chi connectivity index (χ1v) is 24.1. The molecule has 0 aliphatic carbocycles. The number of ether oxygens (including phenoxy) is 3. The van der Waals surface area contributed by atoms with E-state index in [1.807, 2.05) is 66.7 Å². The fourth-order valence-corrected chi connectivity index (χ4v) is 8.84. The van der Waals surface area contributed by atoms with E-state index in [2.05, 4.69) is 17.0 Å². The highest BCUT2D eigenvalue weighted by molar-refractivity contribution is 7.48. The SMILES string of the molecule is CCCCCCCCCOCCCCCCCCCC[C@H](COP(=O)(OCc1ccccc1)OC[C@H]1O[C@@](C#N)(c2ccc3c(N)ncnn23)C(O)[C@H]1O)OCc1ccccc1. The zero-order chi connectivity index (χ0) is 43.9. The van der Waals surface area contributed by atoms with Crippen LogP contribution in [0.2, 0.25) is 0 Å². The number of anilines is 1. The van der Waals surface area contributed by atoms with Gasteiger partial charge in [-0.3, -0.25) is 13.6 Å². The first-order valence-electron chi connectivity index (χ1n) is 22.6. The molecule has 4 aromatic rings. The van der Waals surface area contributed by atoms with E-state index in [9.17, 15) is 20.0 Å². The Hall–Kier alpha value is -3.74. The molecule has 14 nitrogen and oxygen atoms in total. The number of hydrogen-bond acceptors (Lipinski definition) is 13. The maximum Gasteiger partial charge on any atom is 0.475 e. The van der Waals surface area contributed by atoms with Crippen molar-refractivity contribution < 1.29 is 42.6 Å². The van der Waals surface area contributed by atoms with E-state index in [1.165, 1.54) is 87.5 Å². The molecular formula is C47H68N5O9P. The predicted octanol–water partition coefficient (Wildman–Crippen LogP) is 9.37. The lowest BCUT2D eigenvalue weighted by atomic mass is 9.92. The van der Waals surface area contributed by atoms with Gasteiger partial charge in [0.25, 0.3) is 0 Å². The van der Waals surface area contributed by atoms with Gasteiger partial charge >= 0.3 is 7.82 Å². The molecule has 0 amide bonds. The topological polar surface area (TPSA) is 193 Å². The molecule has 1 fully saturated rings. The summed E-state index contributed by atoms with van der Waals surface area (Å²) >= 11 is 0. The molecule has 6 atom stereocenters. The second-order valence-corrected chi connectivity index (χ2v) is 17.8. The van der Waals surface area contributed by atoms with Gasteiger partial charge in [-0.05, 0) is 42.5 Å². The number of nitrogen functional groups attached to an aromatic ring is 1. The van der Waals surface area contributed by atoms with Crippen molar-refractivity contribution in [1.29, 1.82) is 5.26 Å². The quantitative estimate of drug-likeness (QED) is 0.0311. The van der Waals surface area contributed by atoms with Crippen molar-refractivity contribution in [3.05, 3.63) is 95.9 Å². The zero-order valence-corrected chi connectivity index (χ0v) is 37.3.